The summed E-state index contributed by atoms with van der Waals surface area (Å²) in [5.41, 5.74) is 10.9. The maximum atomic E-state index is 12.2. The molecule has 1 saturated heterocycles. The lowest BCUT2D eigenvalue weighted by atomic mass is 9.70. The second kappa shape index (κ2) is 7.77. The van der Waals surface area contributed by atoms with Gasteiger partial charge < -0.3 is 46.2 Å². The van der Waals surface area contributed by atoms with Crippen molar-refractivity contribution in [3.05, 3.63) is 23.3 Å². The van der Waals surface area contributed by atoms with Gasteiger partial charge in [0.2, 0.25) is 5.91 Å². The van der Waals surface area contributed by atoms with Crippen LogP contribution in [0, 0.1) is 0 Å². The number of aromatic carboxylic acids is 1. The van der Waals surface area contributed by atoms with Gasteiger partial charge in [-0.15, -0.1) is 0 Å². The number of hydrogen-bond donors (Lipinski definition) is 6. The number of ether oxygens (including phenoxy) is 1. The van der Waals surface area contributed by atoms with Gasteiger partial charge in [0, 0.05) is 6.54 Å². The molecule has 3 amide bonds. The van der Waals surface area contributed by atoms with Crippen LogP contribution < -0.4 is 26.2 Å². The number of aryl methyl sites for hydroxylation is 1. The predicted octanol–water partition coefficient (Wildman–Crippen LogP) is -2.17. The van der Waals surface area contributed by atoms with Crippen LogP contribution in [0.15, 0.2) is 12.1 Å². The molecule has 0 saturated carbocycles. The number of carboxylic acid groups (broad SMARTS) is 1. The minimum absolute atomic E-state index is 0.00143. The van der Waals surface area contributed by atoms with Crippen molar-refractivity contribution in [2.45, 2.75) is 24.9 Å². The molecule has 0 bridgehead atoms. The number of carboxylic acids is 1. The Balaban J connectivity index is 1.66. The second-order valence-corrected chi connectivity index (χ2v) is 7.08. The van der Waals surface area contributed by atoms with Crippen molar-refractivity contribution >= 4 is 24.7 Å². The molecule has 0 spiro atoms. The van der Waals surface area contributed by atoms with E-state index in [2.05, 4.69) is 5.32 Å². The predicted molar refractivity (Wildman–Crippen MR) is 99.3 cm³/mol. The van der Waals surface area contributed by atoms with Gasteiger partial charge in [-0.3, -0.25) is 4.79 Å². The molecule has 0 aromatic heterocycles. The highest BCUT2D eigenvalue weighted by molar-refractivity contribution is 6.59. The number of nitrogens with two attached hydrogens (primary N) is 2. The molecule has 3 rings (SSSR count). The van der Waals surface area contributed by atoms with E-state index in [9.17, 15) is 29.5 Å². The van der Waals surface area contributed by atoms with Crippen LogP contribution in [0.2, 0.25) is 6.32 Å². The zero-order chi connectivity index (χ0) is 21.3. The third kappa shape index (κ3) is 4.53. The number of rotatable bonds is 6. The Labute approximate surface area is 165 Å². The van der Waals surface area contributed by atoms with E-state index in [1.165, 1.54) is 11.0 Å². The van der Waals surface area contributed by atoms with Crippen molar-refractivity contribution in [3.8, 4) is 11.5 Å². The Morgan fingerprint density at radius 3 is 2.66 bits per heavy atom. The zero-order valence-electron chi connectivity index (χ0n) is 15.4. The summed E-state index contributed by atoms with van der Waals surface area (Å²) in [7, 11) is 0. The highest BCUT2D eigenvalue weighted by Gasteiger charge is 2.37. The van der Waals surface area contributed by atoms with E-state index in [1.807, 2.05) is 0 Å². The Morgan fingerprint density at radius 1 is 1.34 bits per heavy atom. The minimum Gasteiger partial charge on any atom is -0.669 e. The quantitative estimate of drug-likeness (QED) is 0.283. The van der Waals surface area contributed by atoms with Crippen molar-refractivity contribution < 1.29 is 38.9 Å². The van der Waals surface area contributed by atoms with E-state index in [0.29, 0.717) is 5.56 Å². The number of urea groups is 1. The minimum atomic E-state index is -3.13. The first-order chi connectivity index (χ1) is 13.6. The molecule has 1 atom stereocenters. The summed E-state index contributed by atoms with van der Waals surface area (Å²) in [5, 5.41) is 31.3. The van der Waals surface area contributed by atoms with Gasteiger partial charge in [-0.25, -0.2) is 9.59 Å². The average molecular weight is 409 g/mol. The molecule has 2 aliphatic rings. The van der Waals surface area contributed by atoms with Gasteiger partial charge in [0.1, 0.15) is 23.5 Å². The lowest BCUT2D eigenvalue weighted by Gasteiger charge is -2.41. The smallest absolute Gasteiger partial charge is 0.430 e. The van der Waals surface area contributed by atoms with E-state index in [0.717, 1.165) is 0 Å². The Hall–Kier alpha value is -3.03. The molecule has 0 unspecified atom stereocenters. The maximum Gasteiger partial charge on any atom is 0.430 e. The van der Waals surface area contributed by atoms with Gasteiger partial charge >= 0.3 is 18.8 Å². The number of nitrogens with zero attached hydrogens (tertiary/aromatic N) is 1. The van der Waals surface area contributed by atoms with Gasteiger partial charge in [-0.05, 0) is 18.1 Å². The largest absolute Gasteiger partial charge is 0.669 e. The number of fused-ring (bicyclic) bond motifs is 1. The summed E-state index contributed by atoms with van der Waals surface area (Å²) in [4.78, 5) is 36.0. The number of nitrogens with one attached hydrogen (secondary N) is 1. The molecule has 13 heteroatoms. The summed E-state index contributed by atoms with van der Waals surface area (Å²) in [6, 6.07) is 1.34. The summed E-state index contributed by atoms with van der Waals surface area (Å²) < 4.78 is 10.8. The first kappa shape index (κ1) is 20.7. The number of primary amides is 1. The Bertz CT molecular complexity index is 842. The van der Waals surface area contributed by atoms with E-state index in [1.54, 1.807) is 6.07 Å². The van der Waals surface area contributed by atoms with Crippen molar-refractivity contribution in [2.24, 2.45) is 11.5 Å². The number of likely N-dealkylation sites (tertiary alicyclic amines) is 1. The number of carbonyl (C=O) groups is 3. The second-order valence-electron chi connectivity index (χ2n) is 7.08. The van der Waals surface area contributed by atoms with Crippen LogP contribution in [0.3, 0.4) is 0 Å². The first-order valence-electron chi connectivity index (χ1n) is 9.00. The summed E-state index contributed by atoms with van der Waals surface area (Å²) >= 11 is 0. The van der Waals surface area contributed by atoms with Crippen LogP contribution in [-0.2, 0) is 11.2 Å². The van der Waals surface area contributed by atoms with Crippen LogP contribution in [-0.4, -0.2) is 76.5 Å². The molecular formula is C16H22BN4O8-. The van der Waals surface area contributed by atoms with Crippen LogP contribution in [0.25, 0.3) is 0 Å². The van der Waals surface area contributed by atoms with Crippen molar-refractivity contribution in [3.63, 3.8) is 0 Å². The lowest BCUT2D eigenvalue weighted by molar-refractivity contribution is -0.141. The SMILES string of the molecule is NC(=O)NC[C@@H](N)C(=O)N1CC(Oc2ccc3c(c2C(=O)O)O[B-](O)(O)CC3)C1. The van der Waals surface area contributed by atoms with Crippen molar-refractivity contribution in [1.29, 1.82) is 0 Å². The van der Waals surface area contributed by atoms with E-state index >= 15 is 0 Å². The van der Waals surface area contributed by atoms with E-state index in [4.69, 9.17) is 20.9 Å². The normalized spacial score (nSPS) is 18.7. The number of benzene rings is 1. The number of carbonyl (C=O) groups excluding carboxylic acids is 2. The molecule has 2 aliphatic heterocycles. The van der Waals surface area contributed by atoms with E-state index in [-0.39, 0.29) is 49.4 Å². The fourth-order valence-electron chi connectivity index (χ4n) is 3.24. The molecular weight excluding hydrogens is 387 g/mol. The number of hydrogen-bond acceptors (Lipinski definition) is 8. The molecule has 12 nitrogen and oxygen atoms in total. The van der Waals surface area contributed by atoms with Gasteiger partial charge in [-0.2, -0.15) is 0 Å². The van der Waals surface area contributed by atoms with Crippen molar-refractivity contribution in [2.75, 3.05) is 19.6 Å². The number of amides is 3. The topological polar surface area (TPSA) is 198 Å². The lowest BCUT2D eigenvalue weighted by Crippen LogP contribution is -2.61. The maximum absolute atomic E-state index is 12.2. The van der Waals surface area contributed by atoms with Crippen LogP contribution in [0.5, 0.6) is 11.5 Å². The molecule has 2 heterocycles. The molecule has 29 heavy (non-hydrogen) atoms. The first-order valence-corrected chi connectivity index (χ1v) is 9.00. The van der Waals surface area contributed by atoms with Crippen LogP contribution in [0.1, 0.15) is 15.9 Å². The van der Waals surface area contributed by atoms with Gasteiger partial charge in [0.05, 0.1) is 18.8 Å². The molecule has 8 N–H and O–H groups in total. The van der Waals surface area contributed by atoms with Gasteiger partial charge in [-0.1, -0.05) is 12.4 Å². The highest BCUT2D eigenvalue weighted by Crippen LogP contribution is 2.38. The molecule has 158 valence electrons. The van der Waals surface area contributed by atoms with Crippen LogP contribution >= 0.6 is 0 Å². The highest BCUT2D eigenvalue weighted by atomic mass is 16.6. The molecule has 1 aromatic rings. The third-order valence-electron chi connectivity index (χ3n) is 4.78. The fourth-order valence-corrected chi connectivity index (χ4v) is 3.24. The standard InChI is InChI=1S/C16H22BN4O8/c18-10(5-20-16(19)25)14(22)21-6-9(7-21)28-11-2-1-8-3-4-17(26,27)29-13(8)12(11)15(23)24/h1-2,9-10,26-27H,3-7,18H2,(H,23,24)(H3,19,20,25)/q-1/t10-/m1/s1. The molecule has 0 aliphatic carbocycles. The average Bonchev–Trinajstić information content (AvgIpc) is 2.60. The van der Waals surface area contributed by atoms with Crippen molar-refractivity contribution in [1.82, 2.24) is 10.2 Å². The van der Waals surface area contributed by atoms with E-state index < -0.39 is 36.8 Å². The third-order valence-corrected chi connectivity index (χ3v) is 4.78. The monoisotopic (exact) mass is 409 g/mol. The van der Waals surface area contributed by atoms with Crippen LogP contribution in [0.4, 0.5) is 4.79 Å². The Morgan fingerprint density at radius 2 is 2.03 bits per heavy atom. The van der Waals surface area contributed by atoms with Gasteiger partial charge in [0.25, 0.3) is 0 Å². The zero-order valence-corrected chi connectivity index (χ0v) is 15.4. The summed E-state index contributed by atoms with van der Waals surface area (Å²) in [6.45, 7) is -2.88. The molecule has 1 aromatic carbocycles. The summed E-state index contributed by atoms with van der Waals surface area (Å²) in [5.74, 6) is -1.87. The fraction of sp³-hybridized carbons (Fsp3) is 0.438. The molecule has 0 radical (unpaired) electrons. The Kier molecular flexibility index (Phi) is 5.55. The summed E-state index contributed by atoms with van der Waals surface area (Å²) in [6.07, 6.45) is -0.253. The molecule has 1 fully saturated rings. The van der Waals surface area contributed by atoms with Gasteiger partial charge in [0.15, 0.2) is 0 Å².